The van der Waals surface area contributed by atoms with Crippen molar-refractivity contribution >= 4 is 17.8 Å². The molecule has 0 aliphatic rings. The number of esters is 1. The lowest BCUT2D eigenvalue weighted by Gasteiger charge is -2.09. The number of hydrogen-bond acceptors (Lipinski definition) is 5. The van der Waals surface area contributed by atoms with Gasteiger partial charge in [-0.2, -0.15) is 0 Å². The number of carboxylic acid groups (broad SMARTS) is 1. The summed E-state index contributed by atoms with van der Waals surface area (Å²) in [6, 6.07) is -0.925. The summed E-state index contributed by atoms with van der Waals surface area (Å²) in [6.45, 7) is -0.268. The van der Waals surface area contributed by atoms with Crippen LogP contribution in [0.25, 0.3) is 0 Å². The van der Waals surface area contributed by atoms with Crippen LogP contribution in [0.15, 0.2) is 0 Å². The molecule has 0 bridgehead atoms. The summed E-state index contributed by atoms with van der Waals surface area (Å²) in [5.74, 6) is -2.18. The van der Waals surface area contributed by atoms with Crippen LogP contribution in [0.4, 0.5) is 0 Å². The fraction of sp³-hybridized carbons (Fsp3) is 0.625. The summed E-state index contributed by atoms with van der Waals surface area (Å²) in [5.41, 5.74) is 5.37. The average Bonchev–Trinajstić information content (AvgIpc) is 2.21. The van der Waals surface area contributed by atoms with E-state index in [2.05, 4.69) is 10.1 Å². The molecule has 0 aromatic heterocycles. The van der Waals surface area contributed by atoms with Gasteiger partial charge in [-0.15, -0.1) is 0 Å². The molecular formula is C8H14N2O5. The van der Waals surface area contributed by atoms with E-state index in [1.807, 2.05) is 0 Å². The standard InChI is InChI=1S/C8H14N2O5/c1-15-7(13)4-10-8(14)5(9)2-3-6(11)12/h5H,2-4,9H2,1H3,(H,10,14)(H,11,12). The van der Waals surface area contributed by atoms with E-state index < -0.39 is 23.9 Å². The van der Waals surface area contributed by atoms with Gasteiger partial charge >= 0.3 is 11.9 Å². The van der Waals surface area contributed by atoms with Crippen LogP contribution < -0.4 is 11.1 Å². The molecule has 86 valence electrons. The van der Waals surface area contributed by atoms with Gasteiger partial charge in [0.2, 0.25) is 5.91 Å². The Morgan fingerprint density at radius 3 is 2.53 bits per heavy atom. The predicted molar refractivity (Wildman–Crippen MR) is 49.9 cm³/mol. The monoisotopic (exact) mass is 218 g/mol. The van der Waals surface area contributed by atoms with E-state index >= 15 is 0 Å². The number of nitrogens with one attached hydrogen (secondary N) is 1. The Bertz CT molecular complexity index is 253. The van der Waals surface area contributed by atoms with Crippen molar-refractivity contribution in [2.45, 2.75) is 18.9 Å². The first-order chi connectivity index (χ1) is 6.97. The second-order valence-corrected chi connectivity index (χ2v) is 2.83. The predicted octanol–water partition coefficient (Wildman–Crippen LogP) is -1.53. The maximum Gasteiger partial charge on any atom is 0.325 e. The van der Waals surface area contributed by atoms with Gasteiger partial charge in [0.05, 0.1) is 13.2 Å². The topological polar surface area (TPSA) is 119 Å². The minimum atomic E-state index is -1.02. The lowest BCUT2D eigenvalue weighted by atomic mass is 10.1. The summed E-state index contributed by atoms with van der Waals surface area (Å²) in [4.78, 5) is 31.9. The number of ether oxygens (including phenoxy) is 1. The average molecular weight is 218 g/mol. The Labute approximate surface area is 86.6 Å². The number of carboxylic acids is 1. The third kappa shape index (κ3) is 6.44. The highest BCUT2D eigenvalue weighted by atomic mass is 16.5. The van der Waals surface area contributed by atoms with E-state index in [4.69, 9.17) is 10.8 Å². The van der Waals surface area contributed by atoms with Gasteiger partial charge in [0, 0.05) is 6.42 Å². The van der Waals surface area contributed by atoms with Crippen LogP contribution in [0, 0.1) is 0 Å². The Balaban J connectivity index is 3.79. The quantitative estimate of drug-likeness (QED) is 0.465. The van der Waals surface area contributed by atoms with Gasteiger partial charge in [0.1, 0.15) is 6.54 Å². The summed E-state index contributed by atoms with van der Waals surface area (Å²) in [7, 11) is 1.19. The number of amides is 1. The third-order valence-electron chi connectivity index (χ3n) is 1.64. The molecule has 0 fully saturated rings. The molecule has 0 aliphatic carbocycles. The molecule has 0 aromatic carbocycles. The van der Waals surface area contributed by atoms with Gasteiger partial charge in [-0.3, -0.25) is 14.4 Å². The van der Waals surface area contributed by atoms with E-state index in [1.54, 1.807) is 0 Å². The molecule has 4 N–H and O–H groups in total. The second-order valence-electron chi connectivity index (χ2n) is 2.83. The van der Waals surface area contributed by atoms with Crippen molar-refractivity contribution < 1.29 is 24.2 Å². The normalized spacial score (nSPS) is 11.6. The lowest BCUT2D eigenvalue weighted by molar-refractivity contribution is -0.141. The number of hydrogen-bond donors (Lipinski definition) is 3. The van der Waals surface area contributed by atoms with Crippen molar-refractivity contribution in [3.63, 3.8) is 0 Å². The summed E-state index contributed by atoms with van der Waals surface area (Å²) < 4.78 is 4.29. The van der Waals surface area contributed by atoms with Crippen LogP contribution in [0.5, 0.6) is 0 Å². The molecule has 1 atom stereocenters. The Morgan fingerprint density at radius 1 is 1.47 bits per heavy atom. The first-order valence-corrected chi connectivity index (χ1v) is 4.29. The van der Waals surface area contributed by atoms with E-state index in [1.165, 1.54) is 7.11 Å². The minimum absolute atomic E-state index is 0.0301. The maximum absolute atomic E-state index is 11.1. The van der Waals surface area contributed by atoms with Gasteiger partial charge in [-0.25, -0.2) is 0 Å². The number of carbonyl (C=O) groups is 3. The zero-order chi connectivity index (χ0) is 11.8. The molecule has 7 nitrogen and oxygen atoms in total. The van der Waals surface area contributed by atoms with Crippen molar-refractivity contribution in [3.8, 4) is 0 Å². The van der Waals surface area contributed by atoms with Gasteiger partial charge in [-0.05, 0) is 6.42 Å². The Morgan fingerprint density at radius 2 is 2.07 bits per heavy atom. The van der Waals surface area contributed by atoms with Crippen LogP contribution in [0.1, 0.15) is 12.8 Å². The molecule has 0 aromatic rings. The van der Waals surface area contributed by atoms with Crippen molar-refractivity contribution in [1.82, 2.24) is 5.32 Å². The van der Waals surface area contributed by atoms with E-state index in [9.17, 15) is 14.4 Å². The highest BCUT2D eigenvalue weighted by Crippen LogP contribution is 1.94. The van der Waals surface area contributed by atoms with Crippen LogP contribution in [-0.2, 0) is 19.1 Å². The van der Waals surface area contributed by atoms with Crippen molar-refractivity contribution in [3.05, 3.63) is 0 Å². The number of nitrogens with two attached hydrogens (primary N) is 1. The third-order valence-corrected chi connectivity index (χ3v) is 1.64. The molecule has 15 heavy (non-hydrogen) atoms. The molecule has 0 heterocycles. The fourth-order valence-electron chi connectivity index (χ4n) is 0.773. The number of rotatable bonds is 6. The van der Waals surface area contributed by atoms with Crippen molar-refractivity contribution in [2.75, 3.05) is 13.7 Å². The SMILES string of the molecule is COC(=O)CNC(=O)C(N)CCC(=O)O. The fourth-order valence-corrected chi connectivity index (χ4v) is 0.773. The molecule has 1 unspecified atom stereocenters. The second kappa shape index (κ2) is 6.77. The van der Waals surface area contributed by atoms with Crippen LogP contribution in [-0.4, -0.2) is 42.6 Å². The van der Waals surface area contributed by atoms with Gasteiger partial charge in [0.25, 0.3) is 0 Å². The zero-order valence-corrected chi connectivity index (χ0v) is 8.36. The van der Waals surface area contributed by atoms with Gasteiger partial charge in [-0.1, -0.05) is 0 Å². The molecule has 0 spiro atoms. The lowest BCUT2D eigenvalue weighted by Crippen LogP contribution is -2.43. The molecule has 0 saturated heterocycles. The first-order valence-electron chi connectivity index (χ1n) is 4.29. The van der Waals surface area contributed by atoms with E-state index in [0.29, 0.717) is 0 Å². The highest BCUT2D eigenvalue weighted by molar-refractivity contribution is 5.85. The van der Waals surface area contributed by atoms with Gasteiger partial charge < -0.3 is 20.9 Å². The molecular weight excluding hydrogens is 204 g/mol. The van der Waals surface area contributed by atoms with Gasteiger partial charge in [0.15, 0.2) is 0 Å². The van der Waals surface area contributed by atoms with E-state index in [-0.39, 0.29) is 19.4 Å². The van der Waals surface area contributed by atoms with E-state index in [0.717, 1.165) is 0 Å². The minimum Gasteiger partial charge on any atom is -0.481 e. The highest BCUT2D eigenvalue weighted by Gasteiger charge is 2.15. The molecule has 0 aliphatic heterocycles. The number of methoxy groups -OCH3 is 1. The van der Waals surface area contributed by atoms with Crippen molar-refractivity contribution in [2.24, 2.45) is 5.73 Å². The summed E-state index contributed by atoms with van der Waals surface area (Å²) in [5, 5.41) is 10.6. The van der Waals surface area contributed by atoms with Crippen molar-refractivity contribution in [1.29, 1.82) is 0 Å². The number of carbonyl (C=O) groups excluding carboxylic acids is 2. The summed E-state index contributed by atoms with van der Waals surface area (Å²) in [6.07, 6.45) is -0.158. The van der Waals surface area contributed by atoms with Crippen LogP contribution in [0.2, 0.25) is 0 Å². The molecule has 0 rings (SSSR count). The zero-order valence-electron chi connectivity index (χ0n) is 8.36. The molecule has 0 saturated carbocycles. The molecule has 1 amide bonds. The molecule has 0 radical (unpaired) electrons. The Kier molecular flexibility index (Phi) is 6.03. The maximum atomic E-state index is 11.1. The largest absolute Gasteiger partial charge is 0.481 e. The Hall–Kier alpha value is -1.63. The number of aliphatic carboxylic acids is 1. The molecule has 7 heteroatoms. The van der Waals surface area contributed by atoms with Crippen LogP contribution >= 0.6 is 0 Å². The summed E-state index contributed by atoms with van der Waals surface area (Å²) >= 11 is 0. The van der Waals surface area contributed by atoms with Crippen LogP contribution in [0.3, 0.4) is 0 Å². The first kappa shape index (κ1) is 13.4. The smallest absolute Gasteiger partial charge is 0.325 e.